The van der Waals surface area contributed by atoms with Gasteiger partial charge in [0.25, 0.3) is 0 Å². The number of hydrogen-bond acceptors (Lipinski definition) is 2. The van der Waals surface area contributed by atoms with Crippen LogP contribution in [-0.4, -0.2) is 6.29 Å². The van der Waals surface area contributed by atoms with Gasteiger partial charge in [0.15, 0.2) is 6.29 Å². The highest BCUT2D eigenvalue weighted by Gasteiger charge is 2.29. The zero-order valence-corrected chi connectivity index (χ0v) is 10.3. The Kier molecular flexibility index (Phi) is 3.72. The monoisotopic (exact) mass is 280 g/mol. The zero-order chi connectivity index (χ0) is 13.9. The molecule has 1 nitrogen and oxygen atoms in total. The fraction of sp³-hybridized carbons (Fsp3) is 0.0714. The van der Waals surface area contributed by atoms with Crippen LogP contribution in [0, 0.1) is 11.8 Å². The molecule has 5 heteroatoms. The summed E-state index contributed by atoms with van der Waals surface area (Å²) >= 11 is 1.24. The molecule has 0 fully saturated rings. The quantitative estimate of drug-likeness (QED) is 0.570. The van der Waals surface area contributed by atoms with Gasteiger partial charge in [-0.15, -0.1) is 11.3 Å². The average molecular weight is 280 g/mol. The lowest BCUT2D eigenvalue weighted by Crippen LogP contribution is -2.04. The number of thiophene rings is 1. The predicted octanol–water partition coefficient (Wildman–Crippen LogP) is 3.98. The van der Waals surface area contributed by atoms with Crippen molar-refractivity contribution >= 4 is 17.6 Å². The number of aldehydes is 1. The molecule has 1 heterocycles. The molecular weight excluding hydrogens is 273 g/mol. The first-order chi connectivity index (χ1) is 8.99. The van der Waals surface area contributed by atoms with E-state index in [0.717, 1.165) is 18.4 Å². The van der Waals surface area contributed by atoms with Crippen LogP contribution in [-0.2, 0) is 6.18 Å². The van der Waals surface area contributed by atoms with Crippen LogP contribution in [0.1, 0.15) is 25.7 Å². The molecular formula is C14H7F3OS. The fourth-order valence-electron chi connectivity index (χ4n) is 1.36. The van der Waals surface area contributed by atoms with Crippen molar-refractivity contribution in [2.45, 2.75) is 6.18 Å². The van der Waals surface area contributed by atoms with E-state index >= 15 is 0 Å². The number of alkyl halides is 3. The summed E-state index contributed by atoms with van der Waals surface area (Å²) in [6.45, 7) is 0. The Morgan fingerprint density at radius 3 is 2.21 bits per heavy atom. The summed E-state index contributed by atoms with van der Waals surface area (Å²) in [7, 11) is 0. The van der Waals surface area contributed by atoms with E-state index in [1.165, 1.54) is 23.5 Å². The van der Waals surface area contributed by atoms with Crippen LogP contribution < -0.4 is 0 Å². The highest BCUT2D eigenvalue weighted by molar-refractivity contribution is 7.14. The van der Waals surface area contributed by atoms with Gasteiger partial charge in [0.2, 0.25) is 0 Å². The number of rotatable bonds is 1. The average Bonchev–Trinajstić information content (AvgIpc) is 2.84. The smallest absolute Gasteiger partial charge is 0.297 e. The Morgan fingerprint density at radius 2 is 1.68 bits per heavy atom. The van der Waals surface area contributed by atoms with Gasteiger partial charge in [-0.1, -0.05) is 11.8 Å². The first-order valence-electron chi connectivity index (χ1n) is 5.23. The van der Waals surface area contributed by atoms with E-state index in [1.807, 2.05) is 0 Å². The lowest BCUT2D eigenvalue weighted by molar-refractivity contribution is -0.137. The highest BCUT2D eigenvalue weighted by atomic mass is 32.1. The van der Waals surface area contributed by atoms with Crippen molar-refractivity contribution in [2.24, 2.45) is 0 Å². The fourth-order valence-corrected chi connectivity index (χ4v) is 2.04. The van der Waals surface area contributed by atoms with Crippen LogP contribution in [0.2, 0.25) is 0 Å². The third-order valence-electron chi connectivity index (χ3n) is 2.29. The van der Waals surface area contributed by atoms with Crippen molar-refractivity contribution in [2.75, 3.05) is 0 Å². The van der Waals surface area contributed by atoms with E-state index in [0.29, 0.717) is 15.3 Å². The third kappa shape index (κ3) is 3.46. The third-order valence-corrected chi connectivity index (χ3v) is 3.21. The van der Waals surface area contributed by atoms with Crippen molar-refractivity contribution in [3.8, 4) is 11.8 Å². The number of hydrogen-bond donors (Lipinski definition) is 0. The molecule has 0 saturated carbocycles. The van der Waals surface area contributed by atoms with Crippen LogP contribution in [0.5, 0.6) is 0 Å². The van der Waals surface area contributed by atoms with Gasteiger partial charge in [-0.3, -0.25) is 4.79 Å². The standard InChI is InChI=1S/C14H7F3OS/c15-14(16,17)11-4-1-10(2-5-11)3-6-12-7-8-13(9-18)19-12/h1-2,4-5,7-9H. The minimum Gasteiger partial charge on any atom is -0.297 e. The van der Waals surface area contributed by atoms with Crippen molar-refractivity contribution in [1.82, 2.24) is 0 Å². The first kappa shape index (κ1) is 13.4. The second-order valence-corrected chi connectivity index (χ2v) is 4.76. The highest BCUT2D eigenvalue weighted by Crippen LogP contribution is 2.28. The van der Waals surface area contributed by atoms with Crippen molar-refractivity contribution in [1.29, 1.82) is 0 Å². The van der Waals surface area contributed by atoms with Gasteiger partial charge in [-0.25, -0.2) is 0 Å². The summed E-state index contributed by atoms with van der Waals surface area (Å²) in [6, 6.07) is 7.98. The van der Waals surface area contributed by atoms with Gasteiger partial charge in [-0.2, -0.15) is 13.2 Å². The molecule has 0 N–H and O–H groups in total. The van der Waals surface area contributed by atoms with E-state index < -0.39 is 11.7 Å². The summed E-state index contributed by atoms with van der Waals surface area (Å²) in [5, 5.41) is 0. The largest absolute Gasteiger partial charge is 0.416 e. The Labute approximate surface area is 111 Å². The first-order valence-corrected chi connectivity index (χ1v) is 6.05. The topological polar surface area (TPSA) is 17.1 Å². The second kappa shape index (κ2) is 5.29. The molecule has 0 radical (unpaired) electrons. The van der Waals surface area contributed by atoms with Gasteiger partial charge in [0.1, 0.15) is 0 Å². The molecule has 0 unspecified atom stereocenters. The molecule has 0 bridgehead atoms. The molecule has 1 aromatic heterocycles. The number of halogens is 3. The van der Waals surface area contributed by atoms with Gasteiger partial charge >= 0.3 is 6.18 Å². The predicted molar refractivity (Wildman–Crippen MR) is 67.1 cm³/mol. The summed E-state index contributed by atoms with van der Waals surface area (Å²) in [4.78, 5) is 11.7. The number of carbonyl (C=O) groups is 1. The Hall–Kier alpha value is -2.06. The number of benzene rings is 1. The minimum atomic E-state index is -4.33. The van der Waals surface area contributed by atoms with Gasteiger partial charge < -0.3 is 0 Å². The molecule has 0 aliphatic carbocycles. The normalized spacial score (nSPS) is 10.7. The molecule has 0 atom stereocenters. The van der Waals surface area contributed by atoms with Gasteiger partial charge in [-0.05, 0) is 36.4 Å². The summed E-state index contributed by atoms with van der Waals surface area (Å²) < 4.78 is 37.0. The lowest BCUT2D eigenvalue weighted by Gasteiger charge is -2.05. The van der Waals surface area contributed by atoms with Crippen LogP contribution >= 0.6 is 11.3 Å². The maximum atomic E-state index is 12.3. The summed E-state index contributed by atoms with van der Waals surface area (Å²) in [6.07, 6.45) is -3.60. The maximum absolute atomic E-state index is 12.3. The van der Waals surface area contributed by atoms with E-state index in [2.05, 4.69) is 11.8 Å². The van der Waals surface area contributed by atoms with Crippen molar-refractivity contribution in [3.63, 3.8) is 0 Å². The molecule has 0 amide bonds. The van der Waals surface area contributed by atoms with E-state index in [-0.39, 0.29) is 0 Å². The second-order valence-electron chi connectivity index (χ2n) is 3.64. The molecule has 0 spiro atoms. The summed E-state index contributed by atoms with van der Waals surface area (Å²) in [5.41, 5.74) is -0.202. The molecule has 1 aromatic carbocycles. The molecule has 0 aliphatic rings. The Bertz CT molecular complexity index is 642. The zero-order valence-electron chi connectivity index (χ0n) is 9.49. The lowest BCUT2D eigenvalue weighted by atomic mass is 10.1. The van der Waals surface area contributed by atoms with Crippen LogP contribution in [0.25, 0.3) is 0 Å². The molecule has 2 rings (SSSR count). The minimum absolute atomic E-state index is 0.494. The Morgan fingerprint density at radius 1 is 1.00 bits per heavy atom. The van der Waals surface area contributed by atoms with E-state index in [1.54, 1.807) is 12.1 Å². The molecule has 96 valence electrons. The number of carbonyl (C=O) groups excluding carboxylic acids is 1. The molecule has 0 aliphatic heterocycles. The molecule has 19 heavy (non-hydrogen) atoms. The maximum Gasteiger partial charge on any atom is 0.416 e. The van der Waals surface area contributed by atoms with Crippen molar-refractivity contribution in [3.05, 3.63) is 57.3 Å². The van der Waals surface area contributed by atoms with E-state index in [9.17, 15) is 18.0 Å². The molecule has 2 aromatic rings. The van der Waals surface area contributed by atoms with Crippen LogP contribution in [0.4, 0.5) is 13.2 Å². The molecule has 0 saturated heterocycles. The van der Waals surface area contributed by atoms with Gasteiger partial charge in [0.05, 0.1) is 15.3 Å². The van der Waals surface area contributed by atoms with Gasteiger partial charge in [0, 0.05) is 5.56 Å². The van der Waals surface area contributed by atoms with Crippen LogP contribution in [0.15, 0.2) is 36.4 Å². The van der Waals surface area contributed by atoms with E-state index in [4.69, 9.17) is 0 Å². The SMILES string of the molecule is O=Cc1ccc(C#Cc2ccc(C(F)(F)F)cc2)s1. The Balaban J connectivity index is 2.18. The summed E-state index contributed by atoms with van der Waals surface area (Å²) in [5.74, 6) is 5.56. The van der Waals surface area contributed by atoms with Crippen LogP contribution in [0.3, 0.4) is 0 Å². The van der Waals surface area contributed by atoms with Crippen molar-refractivity contribution < 1.29 is 18.0 Å².